The van der Waals surface area contributed by atoms with E-state index in [0.717, 1.165) is 0 Å². The van der Waals surface area contributed by atoms with Crippen molar-refractivity contribution < 1.29 is 9.90 Å². The van der Waals surface area contributed by atoms with Gasteiger partial charge in [-0.2, -0.15) is 0 Å². The second-order valence-electron chi connectivity index (χ2n) is 4.39. The summed E-state index contributed by atoms with van der Waals surface area (Å²) in [4.78, 5) is 10.6. The summed E-state index contributed by atoms with van der Waals surface area (Å²) < 4.78 is 0. The number of carboxylic acid groups (broad SMARTS) is 1. The number of hydrogen-bond donors (Lipinski definition) is 2. The van der Waals surface area contributed by atoms with Crippen LogP contribution in [-0.4, -0.2) is 17.1 Å². The van der Waals surface area contributed by atoms with Crippen molar-refractivity contribution in [2.24, 2.45) is 11.7 Å². The van der Waals surface area contributed by atoms with Crippen LogP contribution in [-0.2, 0) is 4.79 Å². The van der Waals surface area contributed by atoms with Crippen molar-refractivity contribution in [3.8, 4) is 0 Å². The quantitative estimate of drug-likeness (QED) is 0.732. The minimum atomic E-state index is -0.855. The number of hydrogen-bond acceptors (Lipinski definition) is 2. The molecule has 1 aliphatic rings. The van der Waals surface area contributed by atoms with E-state index in [4.69, 9.17) is 10.8 Å². The van der Waals surface area contributed by atoms with Gasteiger partial charge in [0.2, 0.25) is 0 Å². The average molecular weight is 199 g/mol. The molecule has 0 spiro atoms. The zero-order valence-corrected chi connectivity index (χ0v) is 8.74. The summed E-state index contributed by atoms with van der Waals surface area (Å²) in [5.74, 6) is -0.312. The zero-order chi connectivity index (χ0) is 10.4. The van der Waals surface area contributed by atoms with Crippen LogP contribution < -0.4 is 5.73 Å². The first kappa shape index (κ1) is 11.5. The molecular weight excluding hydrogens is 178 g/mol. The summed E-state index contributed by atoms with van der Waals surface area (Å²) in [5, 5.41) is 8.71. The van der Waals surface area contributed by atoms with E-state index in [9.17, 15) is 4.79 Å². The summed E-state index contributed by atoms with van der Waals surface area (Å²) in [6, 6.07) is -0.653. The molecule has 82 valence electrons. The Morgan fingerprint density at radius 3 is 2.21 bits per heavy atom. The molecule has 0 unspecified atom stereocenters. The Kier molecular flexibility index (Phi) is 4.94. The van der Waals surface area contributed by atoms with E-state index < -0.39 is 12.0 Å². The molecule has 14 heavy (non-hydrogen) atoms. The average Bonchev–Trinajstić information content (AvgIpc) is 2.08. The Balaban J connectivity index is 2.29. The third-order valence-corrected chi connectivity index (χ3v) is 3.13. The Morgan fingerprint density at radius 2 is 1.71 bits per heavy atom. The van der Waals surface area contributed by atoms with Gasteiger partial charge in [0.05, 0.1) is 0 Å². The highest BCUT2D eigenvalue weighted by Crippen LogP contribution is 2.25. The van der Waals surface area contributed by atoms with Crippen molar-refractivity contribution >= 4 is 5.97 Å². The Bertz CT molecular complexity index is 174. The third kappa shape index (κ3) is 4.09. The lowest BCUT2D eigenvalue weighted by molar-refractivity contribution is -0.139. The van der Waals surface area contributed by atoms with Crippen LogP contribution in [0.3, 0.4) is 0 Å². The first-order valence-corrected chi connectivity index (χ1v) is 5.68. The minimum absolute atomic E-state index is 0.543. The van der Waals surface area contributed by atoms with E-state index in [1.54, 1.807) is 0 Å². The van der Waals surface area contributed by atoms with E-state index in [-0.39, 0.29) is 0 Å². The molecule has 3 nitrogen and oxygen atoms in total. The lowest BCUT2D eigenvalue weighted by Crippen LogP contribution is -2.32. The molecule has 3 heteroatoms. The summed E-state index contributed by atoms with van der Waals surface area (Å²) in [6.07, 6.45) is 9.45. The van der Waals surface area contributed by atoms with Crippen LogP contribution in [0.1, 0.15) is 51.4 Å². The van der Waals surface area contributed by atoms with E-state index in [1.807, 2.05) is 0 Å². The van der Waals surface area contributed by atoms with Gasteiger partial charge in [0, 0.05) is 0 Å². The molecule has 0 aromatic carbocycles. The summed E-state index contributed by atoms with van der Waals surface area (Å²) >= 11 is 0. The van der Waals surface area contributed by atoms with Crippen LogP contribution in [0.4, 0.5) is 0 Å². The van der Waals surface area contributed by atoms with Gasteiger partial charge in [-0.3, -0.25) is 4.79 Å². The fourth-order valence-corrected chi connectivity index (χ4v) is 2.24. The predicted molar refractivity (Wildman–Crippen MR) is 56.0 cm³/mol. The molecule has 0 bridgehead atoms. The number of rotatable bonds is 3. The molecule has 1 aliphatic carbocycles. The van der Waals surface area contributed by atoms with Gasteiger partial charge >= 0.3 is 5.97 Å². The smallest absolute Gasteiger partial charge is 0.320 e. The maximum absolute atomic E-state index is 10.6. The number of aliphatic carboxylic acids is 1. The van der Waals surface area contributed by atoms with E-state index in [2.05, 4.69) is 0 Å². The number of nitrogens with two attached hydrogens (primary N) is 1. The standard InChI is InChI=1S/C11H21NO2/c12-10(11(13)14)8-9-6-4-2-1-3-5-7-9/h9-10H,1-8,12H2,(H,13,14)/t10-/m0/s1. The zero-order valence-electron chi connectivity index (χ0n) is 8.74. The predicted octanol–water partition coefficient (Wildman–Crippen LogP) is 2.15. The summed E-state index contributed by atoms with van der Waals surface area (Å²) in [5.41, 5.74) is 5.54. The highest BCUT2D eigenvalue weighted by molar-refractivity contribution is 5.73. The van der Waals surface area contributed by atoms with Crippen LogP contribution >= 0.6 is 0 Å². The second kappa shape index (κ2) is 6.02. The second-order valence-corrected chi connectivity index (χ2v) is 4.39. The molecule has 1 atom stereocenters. The van der Waals surface area contributed by atoms with Crippen LogP contribution in [0.25, 0.3) is 0 Å². The van der Waals surface area contributed by atoms with Gasteiger partial charge in [0.15, 0.2) is 0 Å². The van der Waals surface area contributed by atoms with Crippen molar-refractivity contribution in [3.05, 3.63) is 0 Å². The van der Waals surface area contributed by atoms with Crippen molar-refractivity contribution in [2.45, 2.75) is 57.4 Å². The highest BCUT2D eigenvalue weighted by Gasteiger charge is 2.19. The first-order chi connectivity index (χ1) is 6.70. The molecule has 1 saturated carbocycles. The van der Waals surface area contributed by atoms with Gasteiger partial charge in [-0.15, -0.1) is 0 Å². The van der Waals surface area contributed by atoms with Crippen molar-refractivity contribution in [1.29, 1.82) is 0 Å². The molecule has 0 aromatic rings. The highest BCUT2D eigenvalue weighted by atomic mass is 16.4. The van der Waals surface area contributed by atoms with Crippen LogP contribution in [0.5, 0.6) is 0 Å². The van der Waals surface area contributed by atoms with Crippen LogP contribution in [0, 0.1) is 5.92 Å². The van der Waals surface area contributed by atoms with Gasteiger partial charge in [-0.25, -0.2) is 0 Å². The lowest BCUT2D eigenvalue weighted by Gasteiger charge is -2.21. The van der Waals surface area contributed by atoms with Crippen molar-refractivity contribution in [3.63, 3.8) is 0 Å². The number of carboxylic acids is 1. The topological polar surface area (TPSA) is 63.3 Å². The molecule has 1 rings (SSSR count). The maximum Gasteiger partial charge on any atom is 0.320 e. The van der Waals surface area contributed by atoms with E-state index in [0.29, 0.717) is 12.3 Å². The van der Waals surface area contributed by atoms with Gasteiger partial charge in [0.1, 0.15) is 6.04 Å². The van der Waals surface area contributed by atoms with Gasteiger partial charge in [-0.1, -0.05) is 44.9 Å². The summed E-state index contributed by atoms with van der Waals surface area (Å²) in [6.45, 7) is 0. The molecule has 0 aliphatic heterocycles. The largest absolute Gasteiger partial charge is 0.480 e. The normalized spacial score (nSPS) is 22.4. The van der Waals surface area contributed by atoms with Gasteiger partial charge < -0.3 is 10.8 Å². The maximum atomic E-state index is 10.6. The minimum Gasteiger partial charge on any atom is -0.480 e. The molecule has 0 aromatic heterocycles. The molecule has 0 amide bonds. The van der Waals surface area contributed by atoms with Gasteiger partial charge in [-0.05, 0) is 12.3 Å². The van der Waals surface area contributed by atoms with Crippen molar-refractivity contribution in [2.75, 3.05) is 0 Å². The van der Waals surface area contributed by atoms with Crippen molar-refractivity contribution in [1.82, 2.24) is 0 Å². The fraction of sp³-hybridized carbons (Fsp3) is 0.909. The molecule has 0 heterocycles. The third-order valence-electron chi connectivity index (χ3n) is 3.13. The Labute approximate surface area is 85.7 Å². The molecule has 0 saturated heterocycles. The summed E-state index contributed by atoms with van der Waals surface area (Å²) in [7, 11) is 0. The first-order valence-electron chi connectivity index (χ1n) is 5.68. The van der Waals surface area contributed by atoms with E-state index in [1.165, 1.54) is 44.9 Å². The molecule has 1 fully saturated rings. The van der Waals surface area contributed by atoms with Crippen LogP contribution in [0.15, 0.2) is 0 Å². The molecular formula is C11H21NO2. The SMILES string of the molecule is N[C@@H](CC1CCCCCCC1)C(=O)O. The molecule has 0 radical (unpaired) electrons. The Morgan fingerprint density at radius 1 is 1.21 bits per heavy atom. The fourth-order valence-electron chi connectivity index (χ4n) is 2.24. The molecule has 3 N–H and O–H groups in total. The Hall–Kier alpha value is -0.570. The number of carbonyl (C=O) groups is 1. The lowest BCUT2D eigenvalue weighted by atomic mass is 9.87. The monoisotopic (exact) mass is 199 g/mol. The van der Waals surface area contributed by atoms with Crippen LogP contribution in [0.2, 0.25) is 0 Å². The van der Waals surface area contributed by atoms with Gasteiger partial charge in [0.25, 0.3) is 0 Å². The van der Waals surface area contributed by atoms with E-state index >= 15 is 0 Å².